The second-order valence-electron chi connectivity index (χ2n) is 10.8. The summed E-state index contributed by atoms with van der Waals surface area (Å²) in [6.45, 7) is 11.1. The molecule has 1 unspecified atom stereocenters. The Morgan fingerprint density at radius 3 is 2.74 bits per heavy atom. The highest BCUT2D eigenvalue weighted by Gasteiger charge is 2.51. The molecule has 0 radical (unpaired) electrons. The molecule has 12 nitrogen and oxygen atoms in total. The monoisotopic (exact) mass is 546 g/mol. The quantitative estimate of drug-likeness (QED) is 0.192. The van der Waals surface area contributed by atoms with Gasteiger partial charge in [0.2, 0.25) is 5.95 Å². The van der Waals surface area contributed by atoms with Crippen molar-refractivity contribution in [3.05, 3.63) is 16.7 Å². The fraction of sp³-hybridized carbons (Fsp3) is 0.720. The van der Waals surface area contributed by atoms with Gasteiger partial charge in [-0.1, -0.05) is 6.92 Å². The van der Waals surface area contributed by atoms with Crippen molar-refractivity contribution in [2.45, 2.75) is 84.4 Å². The third-order valence-corrected chi connectivity index (χ3v) is 9.04. The summed E-state index contributed by atoms with van der Waals surface area (Å²) in [6.07, 6.45) is 4.76. The van der Waals surface area contributed by atoms with E-state index in [4.69, 9.17) is 19.0 Å². The lowest BCUT2D eigenvalue weighted by molar-refractivity contribution is -0.0178. The van der Waals surface area contributed by atoms with Crippen molar-refractivity contribution in [2.75, 3.05) is 20.7 Å². The van der Waals surface area contributed by atoms with E-state index in [0.717, 1.165) is 6.42 Å². The van der Waals surface area contributed by atoms with Gasteiger partial charge in [0, 0.05) is 38.5 Å². The van der Waals surface area contributed by atoms with Gasteiger partial charge in [0.15, 0.2) is 11.2 Å². The Balaban J connectivity index is 1.56. The zero-order valence-corrected chi connectivity index (χ0v) is 24.1. The predicted octanol–water partition coefficient (Wildman–Crippen LogP) is 3.95. The summed E-state index contributed by atoms with van der Waals surface area (Å²) in [5, 5.41) is 9.02. The highest BCUT2D eigenvalue weighted by Crippen LogP contribution is 2.54. The van der Waals surface area contributed by atoms with E-state index < -0.39 is 8.53 Å². The molecule has 1 aliphatic carbocycles. The first kappa shape index (κ1) is 28.6. The fourth-order valence-electron chi connectivity index (χ4n) is 5.37. The molecule has 2 aliphatic rings. The second kappa shape index (κ2) is 12.2. The molecule has 208 valence electrons. The van der Waals surface area contributed by atoms with E-state index >= 15 is 0 Å². The molecule has 38 heavy (non-hydrogen) atoms. The molecule has 13 heteroatoms. The van der Waals surface area contributed by atoms with Crippen LogP contribution < -0.4 is 5.56 Å². The predicted molar refractivity (Wildman–Crippen MR) is 146 cm³/mol. The van der Waals surface area contributed by atoms with Crippen molar-refractivity contribution in [2.24, 2.45) is 16.8 Å². The van der Waals surface area contributed by atoms with Gasteiger partial charge in [-0.05, 0) is 40.0 Å². The van der Waals surface area contributed by atoms with Crippen LogP contribution in [-0.2, 0) is 13.8 Å². The van der Waals surface area contributed by atoms with Gasteiger partial charge >= 0.3 is 0 Å². The van der Waals surface area contributed by atoms with Crippen LogP contribution in [-0.4, -0.2) is 80.4 Å². The summed E-state index contributed by atoms with van der Waals surface area (Å²) in [7, 11) is 2.34. The second-order valence-corrected chi connectivity index (χ2v) is 12.2. The lowest BCUT2D eigenvalue weighted by atomic mass is 10.0. The van der Waals surface area contributed by atoms with Crippen LogP contribution in [0.1, 0.15) is 60.1 Å². The minimum atomic E-state index is -1.34. The van der Waals surface area contributed by atoms with Gasteiger partial charge in [0.1, 0.15) is 6.23 Å². The minimum Gasteiger partial charge on any atom is -0.369 e. The number of fused-ring (bicyclic) bond motifs is 2. The average molecular weight is 547 g/mol. The summed E-state index contributed by atoms with van der Waals surface area (Å²) in [6, 6.07) is 2.62. The van der Waals surface area contributed by atoms with E-state index in [-0.39, 0.29) is 53.5 Å². The molecule has 0 spiro atoms. The Hall–Kier alpha value is -2.42. The van der Waals surface area contributed by atoms with Crippen LogP contribution in [0.5, 0.6) is 0 Å². The zero-order valence-electron chi connectivity index (χ0n) is 23.2. The number of ether oxygens (including phenoxy) is 1. The maximum atomic E-state index is 12.6. The largest absolute Gasteiger partial charge is 0.369 e. The summed E-state index contributed by atoms with van der Waals surface area (Å²) >= 11 is 0. The van der Waals surface area contributed by atoms with Crippen LogP contribution in [0.2, 0.25) is 0 Å². The molecule has 6 atom stereocenters. The number of nitriles is 1. The lowest BCUT2D eigenvalue weighted by Crippen LogP contribution is -2.35. The van der Waals surface area contributed by atoms with Gasteiger partial charge in [0.05, 0.1) is 44.0 Å². The summed E-state index contributed by atoms with van der Waals surface area (Å²) in [4.78, 5) is 30.2. The smallest absolute Gasteiger partial charge is 0.280 e. The number of imidazole rings is 1. The van der Waals surface area contributed by atoms with Gasteiger partial charge < -0.3 is 18.7 Å². The number of aromatic nitrogens is 4. The van der Waals surface area contributed by atoms with Gasteiger partial charge in [-0.15, -0.1) is 0 Å². The summed E-state index contributed by atoms with van der Waals surface area (Å²) in [5.41, 5.74) is 0.368. The molecule has 2 fully saturated rings. The normalized spacial score (nSPS) is 26.2. The van der Waals surface area contributed by atoms with E-state index in [1.54, 1.807) is 17.6 Å². The summed E-state index contributed by atoms with van der Waals surface area (Å²) < 4.78 is 23.5. The first-order valence-electron chi connectivity index (χ1n) is 13.2. The van der Waals surface area contributed by atoms with Crippen LogP contribution in [0.25, 0.3) is 11.2 Å². The SMILES string of the molecule is CC(C)N(C(C)C)P(OCCC#N)O[C@@H]1C[C@@H](C)[C@H]2O[C@@H](n3cnc4c(=O)[nH]c(/N=C/N(C)C)nc43)C[C@H]21. The molecule has 1 N–H and O–H groups in total. The molecule has 1 saturated carbocycles. The molecule has 2 aromatic rings. The van der Waals surface area contributed by atoms with Gasteiger partial charge in [-0.25, -0.2) is 14.6 Å². The molecule has 3 heterocycles. The van der Waals surface area contributed by atoms with Crippen LogP contribution >= 0.6 is 8.53 Å². The third-order valence-electron chi connectivity index (χ3n) is 6.88. The maximum absolute atomic E-state index is 12.6. The first-order valence-corrected chi connectivity index (χ1v) is 14.3. The molecule has 2 aromatic heterocycles. The van der Waals surface area contributed by atoms with Crippen molar-refractivity contribution >= 4 is 32.0 Å². The number of H-pyrrole nitrogens is 1. The van der Waals surface area contributed by atoms with Crippen molar-refractivity contribution in [1.29, 1.82) is 5.26 Å². The van der Waals surface area contributed by atoms with Gasteiger partial charge in [-0.2, -0.15) is 10.2 Å². The van der Waals surface area contributed by atoms with Gasteiger partial charge in [0.25, 0.3) is 14.1 Å². The number of hydrogen-bond acceptors (Lipinski definition) is 9. The summed E-state index contributed by atoms with van der Waals surface area (Å²) in [5.74, 6) is 0.670. The van der Waals surface area contributed by atoms with Crippen molar-refractivity contribution in [3.8, 4) is 6.07 Å². The number of nitrogens with zero attached hydrogens (tertiary/aromatic N) is 7. The Labute approximate surface area is 225 Å². The highest BCUT2D eigenvalue weighted by atomic mass is 31.2. The van der Waals surface area contributed by atoms with E-state index in [2.05, 4.69) is 65.3 Å². The number of aliphatic imine (C=N–C) groups is 1. The Kier molecular flexibility index (Phi) is 9.16. The van der Waals surface area contributed by atoms with Crippen LogP contribution in [0, 0.1) is 23.2 Å². The molecular weight excluding hydrogens is 507 g/mol. The van der Waals surface area contributed by atoms with Crippen LogP contribution in [0.15, 0.2) is 16.1 Å². The van der Waals surface area contributed by atoms with Crippen LogP contribution in [0.3, 0.4) is 0 Å². The Bertz CT molecular complexity index is 1210. The van der Waals surface area contributed by atoms with E-state index in [1.807, 2.05) is 18.7 Å². The lowest BCUT2D eigenvalue weighted by Gasteiger charge is -2.37. The molecule has 0 aromatic carbocycles. The van der Waals surface area contributed by atoms with Crippen molar-refractivity contribution < 1.29 is 13.8 Å². The Morgan fingerprint density at radius 2 is 2.08 bits per heavy atom. The highest BCUT2D eigenvalue weighted by molar-refractivity contribution is 7.44. The first-order chi connectivity index (χ1) is 18.1. The van der Waals surface area contributed by atoms with Crippen LogP contribution in [0.4, 0.5) is 5.95 Å². The van der Waals surface area contributed by atoms with E-state index in [9.17, 15) is 4.79 Å². The number of nitrogens with one attached hydrogen (secondary N) is 1. The molecule has 1 aliphatic heterocycles. The van der Waals surface area contributed by atoms with E-state index in [1.165, 1.54) is 0 Å². The molecule has 4 rings (SSSR count). The van der Waals surface area contributed by atoms with E-state index in [0.29, 0.717) is 31.0 Å². The number of rotatable bonds is 11. The number of aromatic amines is 1. The molecule has 0 bridgehead atoms. The minimum absolute atomic E-state index is 0.0122. The zero-order chi connectivity index (χ0) is 27.6. The standard InChI is InChI=1S/C25H39N8O4P/c1-15(2)33(16(3)4)38(35-10-8-9-26)37-19-11-17(5)22-18(19)12-20(36-22)32-14-27-21-23(32)29-25(30-24(21)34)28-13-31(6)7/h13-20,22H,8,10-12H2,1-7H3,(H,29,30,34)/b28-13+/t17-,18+,19-,20-,22-,38?/m1/s1. The third kappa shape index (κ3) is 6.08. The topological polar surface area (TPSA) is 134 Å². The van der Waals surface area contributed by atoms with Crippen molar-refractivity contribution in [1.82, 2.24) is 29.1 Å². The molecule has 0 amide bonds. The van der Waals surface area contributed by atoms with Crippen molar-refractivity contribution in [3.63, 3.8) is 0 Å². The number of hydrogen-bond donors (Lipinski definition) is 1. The maximum Gasteiger partial charge on any atom is 0.280 e. The average Bonchev–Trinajstić information content (AvgIpc) is 3.53. The Morgan fingerprint density at radius 1 is 1.34 bits per heavy atom. The molecular formula is C25H39N8O4P. The fourth-order valence-corrected chi connectivity index (χ4v) is 7.15. The van der Waals surface area contributed by atoms with Gasteiger partial charge in [-0.3, -0.25) is 14.3 Å². The molecule has 1 saturated heterocycles.